The Bertz CT molecular complexity index is 1030. The van der Waals surface area contributed by atoms with Gasteiger partial charge in [-0.25, -0.2) is 19.3 Å². The Morgan fingerprint density at radius 2 is 1.64 bits per heavy atom. The number of rotatable bonds is 5. The minimum Gasteiger partial charge on any atom is -0.380 e. The molecule has 1 spiro atoms. The molecule has 9 heteroatoms. The van der Waals surface area contributed by atoms with Crippen molar-refractivity contribution in [3.8, 4) is 0 Å². The molecule has 1 amide bonds. The van der Waals surface area contributed by atoms with Crippen LogP contribution in [-0.2, 0) is 4.74 Å². The monoisotopic (exact) mass is 495 g/mol. The number of amides is 1. The number of anilines is 1. The molecule has 4 fully saturated rings. The predicted molar refractivity (Wildman–Crippen MR) is 141 cm³/mol. The van der Waals surface area contributed by atoms with Gasteiger partial charge in [0.1, 0.15) is 12.1 Å². The van der Waals surface area contributed by atoms with E-state index in [1.165, 1.54) is 51.6 Å². The van der Waals surface area contributed by atoms with E-state index < -0.39 is 0 Å². The zero-order valence-electron chi connectivity index (χ0n) is 21.5. The van der Waals surface area contributed by atoms with Gasteiger partial charge in [0.15, 0.2) is 5.65 Å². The summed E-state index contributed by atoms with van der Waals surface area (Å²) in [6.45, 7) is 10.8. The van der Waals surface area contributed by atoms with Crippen molar-refractivity contribution in [2.75, 3.05) is 70.5 Å². The molecule has 0 aromatic carbocycles. The molecule has 1 N–H and O–H groups in total. The number of pyridine rings is 1. The van der Waals surface area contributed by atoms with Crippen LogP contribution in [0.5, 0.6) is 0 Å². The Kier molecular flexibility index (Phi) is 7.13. The molecule has 2 aromatic heterocycles. The first-order valence-corrected chi connectivity index (χ1v) is 14.1. The smallest absolute Gasteiger partial charge is 0.327 e. The molecule has 196 valence electrons. The highest BCUT2D eigenvalue weighted by atomic mass is 16.5. The zero-order chi connectivity index (χ0) is 24.4. The first-order valence-electron chi connectivity index (χ1n) is 14.1. The van der Waals surface area contributed by atoms with E-state index >= 15 is 0 Å². The van der Waals surface area contributed by atoms with Crippen LogP contribution in [0.2, 0.25) is 0 Å². The number of fused-ring (bicyclic) bond motifs is 1. The number of hydrogen-bond acceptors (Lipinski definition) is 7. The predicted octanol–water partition coefficient (Wildman–Crippen LogP) is 2.95. The fraction of sp³-hybridized carbons (Fsp3) is 0.741. The molecular weight excluding hydrogens is 454 g/mol. The second kappa shape index (κ2) is 10.6. The van der Waals surface area contributed by atoms with Gasteiger partial charge in [-0.05, 0) is 63.7 Å². The van der Waals surface area contributed by atoms with Gasteiger partial charge in [-0.15, -0.1) is 0 Å². The number of carbonyl (C=O) groups is 1. The van der Waals surface area contributed by atoms with Gasteiger partial charge in [0.25, 0.3) is 0 Å². The third-order valence-corrected chi connectivity index (χ3v) is 8.92. The van der Waals surface area contributed by atoms with E-state index in [1.807, 2.05) is 12.1 Å². The van der Waals surface area contributed by atoms with E-state index in [0.717, 1.165) is 76.7 Å². The molecule has 2 aromatic rings. The highest BCUT2D eigenvalue weighted by Crippen LogP contribution is 2.38. The maximum absolute atomic E-state index is 13.1. The van der Waals surface area contributed by atoms with Crippen LogP contribution in [0, 0.1) is 5.41 Å². The minimum absolute atomic E-state index is 0.0949. The molecule has 9 nitrogen and oxygen atoms in total. The summed E-state index contributed by atoms with van der Waals surface area (Å²) in [4.78, 5) is 29.8. The fourth-order valence-electron chi connectivity index (χ4n) is 6.28. The average molecular weight is 496 g/mol. The highest BCUT2D eigenvalue weighted by Gasteiger charge is 2.41. The van der Waals surface area contributed by atoms with Crippen LogP contribution in [0.25, 0.3) is 11.2 Å². The number of nitrogens with one attached hydrogen (secondary N) is 1. The molecule has 36 heavy (non-hydrogen) atoms. The lowest BCUT2D eigenvalue weighted by Crippen LogP contribution is -2.52. The molecule has 0 aliphatic carbocycles. The lowest BCUT2D eigenvalue weighted by molar-refractivity contribution is -0.139. The number of ether oxygens (including phenoxy) is 1. The van der Waals surface area contributed by atoms with E-state index in [2.05, 4.69) is 25.0 Å². The number of piperidine rings is 2. The number of imidazole rings is 1. The highest BCUT2D eigenvalue weighted by molar-refractivity contribution is 5.88. The maximum atomic E-state index is 13.1. The maximum Gasteiger partial charge on any atom is 0.327 e. The van der Waals surface area contributed by atoms with Gasteiger partial charge in [0, 0.05) is 50.7 Å². The van der Waals surface area contributed by atoms with Crippen molar-refractivity contribution < 1.29 is 9.53 Å². The summed E-state index contributed by atoms with van der Waals surface area (Å²) >= 11 is 0. The molecule has 4 saturated heterocycles. The third-order valence-electron chi connectivity index (χ3n) is 8.92. The summed E-state index contributed by atoms with van der Waals surface area (Å²) in [7, 11) is 0. The van der Waals surface area contributed by atoms with E-state index in [0.29, 0.717) is 11.1 Å². The largest absolute Gasteiger partial charge is 0.380 e. The Morgan fingerprint density at radius 3 is 2.31 bits per heavy atom. The molecule has 0 atom stereocenters. The molecule has 6 heterocycles. The van der Waals surface area contributed by atoms with E-state index in [-0.39, 0.29) is 12.1 Å². The Morgan fingerprint density at radius 1 is 0.944 bits per heavy atom. The molecule has 4 aliphatic rings. The summed E-state index contributed by atoms with van der Waals surface area (Å²) in [5.41, 5.74) is 1.94. The van der Waals surface area contributed by atoms with Crippen molar-refractivity contribution in [1.29, 1.82) is 0 Å². The SMILES string of the molecule is O=C(NC1CCN(CCN2CCC3(CC2)COC3)CC1)n1cnc2nc(N3CCCCCC3)ccc21. The van der Waals surface area contributed by atoms with Gasteiger partial charge in [0.2, 0.25) is 0 Å². The number of nitrogens with zero attached hydrogens (tertiary/aromatic N) is 6. The quantitative estimate of drug-likeness (QED) is 0.683. The first-order chi connectivity index (χ1) is 17.7. The van der Waals surface area contributed by atoms with Crippen LogP contribution in [0.4, 0.5) is 10.6 Å². The number of likely N-dealkylation sites (tertiary alicyclic amines) is 2. The van der Waals surface area contributed by atoms with Crippen molar-refractivity contribution in [1.82, 2.24) is 29.7 Å². The summed E-state index contributed by atoms with van der Waals surface area (Å²) in [5.74, 6) is 0.976. The Balaban J connectivity index is 0.967. The van der Waals surface area contributed by atoms with Gasteiger partial charge in [-0.3, -0.25) is 0 Å². The van der Waals surface area contributed by atoms with Crippen LogP contribution in [0.3, 0.4) is 0 Å². The summed E-state index contributed by atoms with van der Waals surface area (Å²) in [6, 6.07) is 4.16. The lowest BCUT2D eigenvalue weighted by Gasteiger charge is -2.47. The zero-order valence-corrected chi connectivity index (χ0v) is 21.5. The van der Waals surface area contributed by atoms with Crippen molar-refractivity contribution >= 4 is 23.0 Å². The Hall–Kier alpha value is -2.23. The van der Waals surface area contributed by atoms with E-state index in [1.54, 1.807) is 10.9 Å². The van der Waals surface area contributed by atoms with Crippen molar-refractivity contribution in [2.45, 2.75) is 57.4 Å². The third kappa shape index (κ3) is 5.24. The van der Waals surface area contributed by atoms with Crippen LogP contribution in [0.1, 0.15) is 51.4 Å². The number of hydrogen-bond donors (Lipinski definition) is 1. The standard InChI is InChI=1S/C27H41N7O2/c35-26(34-21-28-25-23(34)5-6-24(30-25)33-11-3-1-2-4-12-33)29-22-7-13-31(14-8-22)17-18-32-15-9-27(10-16-32)19-36-20-27/h5-6,21-22H,1-4,7-20H2,(H,29,35). The fourth-order valence-corrected chi connectivity index (χ4v) is 6.28. The average Bonchev–Trinajstić information content (AvgIpc) is 3.12. The second-order valence-corrected chi connectivity index (χ2v) is 11.4. The molecule has 0 bridgehead atoms. The van der Waals surface area contributed by atoms with Gasteiger partial charge in [-0.2, -0.15) is 0 Å². The van der Waals surface area contributed by atoms with Gasteiger partial charge < -0.3 is 24.8 Å². The van der Waals surface area contributed by atoms with E-state index in [9.17, 15) is 4.79 Å². The van der Waals surface area contributed by atoms with Crippen molar-refractivity contribution in [3.05, 3.63) is 18.5 Å². The topological polar surface area (TPSA) is 78.8 Å². The second-order valence-electron chi connectivity index (χ2n) is 11.4. The van der Waals surface area contributed by atoms with E-state index in [4.69, 9.17) is 9.72 Å². The van der Waals surface area contributed by atoms with Gasteiger partial charge in [0.05, 0.1) is 18.7 Å². The van der Waals surface area contributed by atoms with Crippen LogP contribution < -0.4 is 10.2 Å². The van der Waals surface area contributed by atoms with Gasteiger partial charge in [-0.1, -0.05) is 12.8 Å². The Labute approximate surface area is 214 Å². The summed E-state index contributed by atoms with van der Waals surface area (Å²) < 4.78 is 7.08. The van der Waals surface area contributed by atoms with Crippen molar-refractivity contribution in [3.63, 3.8) is 0 Å². The molecule has 6 rings (SSSR count). The number of carbonyl (C=O) groups excluding carboxylic acids is 1. The summed E-state index contributed by atoms with van der Waals surface area (Å²) in [6.07, 6.45) is 11.2. The molecule has 0 saturated carbocycles. The molecule has 0 radical (unpaired) electrons. The molecular formula is C27H41N7O2. The molecule has 0 unspecified atom stereocenters. The molecule has 4 aliphatic heterocycles. The van der Waals surface area contributed by atoms with Crippen LogP contribution in [0.15, 0.2) is 18.5 Å². The number of aromatic nitrogens is 3. The normalized spacial score (nSPS) is 24.1. The minimum atomic E-state index is -0.0949. The van der Waals surface area contributed by atoms with Crippen molar-refractivity contribution in [2.24, 2.45) is 5.41 Å². The first kappa shape index (κ1) is 24.1. The van der Waals surface area contributed by atoms with Crippen LogP contribution >= 0.6 is 0 Å². The summed E-state index contributed by atoms with van der Waals surface area (Å²) in [5, 5.41) is 3.24. The van der Waals surface area contributed by atoms with Crippen LogP contribution in [-0.4, -0.2) is 102 Å². The van der Waals surface area contributed by atoms with Gasteiger partial charge >= 0.3 is 6.03 Å². The lowest BCUT2D eigenvalue weighted by atomic mass is 9.77.